The summed E-state index contributed by atoms with van der Waals surface area (Å²) < 4.78 is 0. The molecule has 1 amide bonds. The molecular formula is C10H10N4O. The van der Waals surface area contributed by atoms with Crippen molar-refractivity contribution in [3.8, 4) is 11.3 Å². The number of amides is 1. The molecule has 2 N–H and O–H groups in total. The highest BCUT2D eigenvalue weighted by Crippen LogP contribution is 2.19. The molecule has 0 aliphatic carbocycles. The van der Waals surface area contributed by atoms with E-state index in [0.717, 1.165) is 16.8 Å². The number of pyridine rings is 1. The summed E-state index contributed by atoms with van der Waals surface area (Å²) in [6.07, 6.45) is 4.12. The van der Waals surface area contributed by atoms with Crippen LogP contribution in [0, 0.1) is 6.92 Å². The molecule has 0 aromatic carbocycles. The fourth-order valence-electron chi connectivity index (χ4n) is 1.31. The number of carbonyl (C=O) groups excluding carboxylic acids is 1. The zero-order valence-corrected chi connectivity index (χ0v) is 8.19. The van der Waals surface area contributed by atoms with Crippen LogP contribution in [0.1, 0.15) is 5.56 Å². The van der Waals surface area contributed by atoms with Gasteiger partial charge in [-0.15, -0.1) is 0 Å². The van der Waals surface area contributed by atoms with Crippen molar-refractivity contribution in [3.63, 3.8) is 0 Å². The maximum absolute atomic E-state index is 10.2. The van der Waals surface area contributed by atoms with Gasteiger partial charge in [0.1, 0.15) is 0 Å². The Balaban J connectivity index is 2.32. The van der Waals surface area contributed by atoms with Crippen molar-refractivity contribution >= 4 is 12.2 Å². The topological polar surface area (TPSA) is 70.7 Å². The zero-order valence-electron chi connectivity index (χ0n) is 8.19. The molecule has 0 radical (unpaired) electrons. The maximum atomic E-state index is 10.2. The molecule has 2 heterocycles. The lowest BCUT2D eigenvalue weighted by Gasteiger charge is -1.96. The van der Waals surface area contributed by atoms with Crippen molar-refractivity contribution in [3.05, 3.63) is 30.1 Å². The molecule has 0 atom stereocenters. The van der Waals surface area contributed by atoms with Crippen molar-refractivity contribution in [2.75, 3.05) is 5.32 Å². The highest BCUT2D eigenvalue weighted by Gasteiger charge is 2.03. The molecule has 0 aliphatic rings. The lowest BCUT2D eigenvalue weighted by molar-refractivity contribution is -0.105. The minimum Gasteiger partial charge on any atom is -0.312 e. The molecule has 0 spiro atoms. The Kier molecular flexibility index (Phi) is 2.45. The molecule has 0 saturated carbocycles. The van der Waals surface area contributed by atoms with Crippen LogP contribution in [0.5, 0.6) is 0 Å². The SMILES string of the molecule is Cc1cncc(-c2cc(NC=O)n[nH]2)c1. The summed E-state index contributed by atoms with van der Waals surface area (Å²) >= 11 is 0. The number of aromatic nitrogens is 3. The van der Waals surface area contributed by atoms with Crippen molar-refractivity contribution in [1.29, 1.82) is 0 Å². The molecule has 0 bridgehead atoms. The van der Waals surface area contributed by atoms with E-state index in [1.807, 2.05) is 13.0 Å². The normalized spacial score (nSPS) is 9.93. The molecule has 5 heteroatoms. The molecule has 2 aromatic heterocycles. The largest absolute Gasteiger partial charge is 0.312 e. The molecule has 15 heavy (non-hydrogen) atoms. The quantitative estimate of drug-likeness (QED) is 0.738. The molecule has 0 fully saturated rings. The lowest BCUT2D eigenvalue weighted by atomic mass is 10.2. The van der Waals surface area contributed by atoms with Crippen LogP contribution in [0.2, 0.25) is 0 Å². The monoisotopic (exact) mass is 202 g/mol. The number of nitrogens with one attached hydrogen (secondary N) is 2. The average Bonchev–Trinajstić information content (AvgIpc) is 2.67. The Bertz CT molecular complexity index is 478. The Morgan fingerprint density at radius 2 is 2.27 bits per heavy atom. The van der Waals surface area contributed by atoms with Crippen LogP contribution >= 0.6 is 0 Å². The third-order valence-electron chi connectivity index (χ3n) is 1.97. The van der Waals surface area contributed by atoms with Crippen molar-refractivity contribution in [2.24, 2.45) is 0 Å². The maximum Gasteiger partial charge on any atom is 0.212 e. The Morgan fingerprint density at radius 1 is 1.40 bits per heavy atom. The summed E-state index contributed by atoms with van der Waals surface area (Å²) in [6.45, 7) is 1.97. The van der Waals surface area contributed by atoms with Gasteiger partial charge in [0.2, 0.25) is 6.41 Å². The van der Waals surface area contributed by atoms with Gasteiger partial charge in [0.15, 0.2) is 5.82 Å². The summed E-state index contributed by atoms with van der Waals surface area (Å²) in [6, 6.07) is 3.75. The summed E-state index contributed by atoms with van der Waals surface area (Å²) in [5.41, 5.74) is 2.85. The number of aryl methyl sites for hydroxylation is 1. The van der Waals surface area contributed by atoms with Gasteiger partial charge in [0, 0.05) is 24.0 Å². The van der Waals surface area contributed by atoms with E-state index in [2.05, 4.69) is 20.5 Å². The summed E-state index contributed by atoms with van der Waals surface area (Å²) in [5, 5.41) is 9.21. The number of hydrogen-bond donors (Lipinski definition) is 2. The first-order valence-corrected chi connectivity index (χ1v) is 4.47. The Hall–Kier alpha value is -2.17. The number of anilines is 1. The van der Waals surface area contributed by atoms with Gasteiger partial charge in [-0.05, 0) is 18.6 Å². The first-order valence-electron chi connectivity index (χ1n) is 4.47. The molecular weight excluding hydrogens is 192 g/mol. The fraction of sp³-hybridized carbons (Fsp3) is 0.100. The molecule has 5 nitrogen and oxygen atoms in total. The standard InChI is InChI=1S/C10H10N4O/c1-7-2-8(5-11-4-7)9-3-10(12-6-15)14-13-9/h2-6H,1H3,(H2,12,13,14,15). The Morgan fingerprint density at radius 3 is 3.00 bits per heavy atom. The summed E-state index contributed by atoms with van der Waals surface area (Å²) in [4.78, 5) is 14.3. The van der Waals surface area contributed by atoms with E-state index in [1.54, 1.807) is 18.5 Å². The second-order valence-corrected chi connectivity index (χ2v) is 3.18. The number of carbonyl (C=O) groups is 1. The van der Waals surface area contributed by atoms with E-state index in [9.17, 15) is 4.79 Å². The van der Waals surface area contributed by atoms with Gasteiger partial charge in [-0.3, -0.25) is 14.9 Å². The minimum atomic E-state index is 0.501. The summed E-state index contributed by atoms with van der Waals surface area (Å²) in [5.74, 6) is 0.501. The third-order valence-corrected chi connectivity index (χ3v) is 1.97. The van der Waals surface area contributed by atoms with Gasteiger partial charge in [-0.2, -0.15) is 5.10 Å². The smallest absolute Gasteiger partial charge is 0.212 e. The second kappa shape index (κ2) is 3.91. The predicted molar refractivity (Wildman–Crippen MR) is 56.2 cm³/mol. The van der Waals surface area contributed by atoms with Crippen LogP contribution in [0.3, 0.4) is 0 Å². The number of hydrogen-bond acceptors (Lipinski definition) is 3. The van der Waals surface area contributed by atoms with Gasteiger partial charge < -0.3 is 5.32 Å². The second-order valence-electron chi connectivity index (χ2n) is 3.18. The van der Waals surface area contributed by atoms with Gasteiger partial charge in [0.05, 0.1) is 5.69 Å². The molecule has 2 rings (SSSR count). The van der Waals surface area contributed by atoms with Crippen LogP contribution in [0.15, 0.2) is 24.5 Å². The fourth-order valence-corrected chi connectivity index (χ4v) is 1.31. The number of rotatable bonds is 3. The first-order chi connectivity index (χ1) is 7.29. The lowest BCUT2D eigenvalue weighted by Crippen LogP contribution is -1.92. The molecule has 76 valence electrons. The van der Waals surface area contributed by atoms with Crippen LogP contribution in [-0.4, -0.2) is 21.6 Å². The van der Waals surface area contributed by atoms with E-state index in [4.69, 9.17) is 0 Å². The number of H-pyrrole nitrogens is 1. The predicted octanol–water partition coefficient (Wildman–Crippen LogP) is 1.35. The van der Waals surface area contributed by atoms with Gasteiger partial charge in [-0.1, -0.05) is 0 Å². The van der Waals surface area contributed by atoms with Crippen molar-refractivity contribution < 1.29 is 4.79 Å². The highest BCUT2D eigenvalue weighted by molar-refractivity contribution is 5.72. The number of nitrogens with zero attached hydrogens (tertiary/aromatic N) is 2. The summed E-state index contributed by atoms with van der Waals surface area (Å²) in [7, 11) is 0. The minimum absolute atomic E-state index is 0.501. The van der Waals surface area contributed by atoms with Crippen LogP contribution in [-0.2, 0) is 4.79 Å². The van der Waals surface area contributed by atoms with E-state index in [-0.39, 0.29) is 0 Å². The third kappa shape index (κ3) is 2.01. The van der Waals surface area contributed by atoms with Crippen LogP contribution in [0.4, 0.5) is 5.82 Å². The Labute approximate surface area is 86.5 Å². The van der Waals surface area contributed by atoms with E-state index in [1.165, 1.54) is 0 Å². The molecule has 0 aliphatic heterocycles. The molecule has 2 aromatic rings. The zero-order chi connectivity index (χ0) is 10.7. The van der Waals surface area contributed by atoms with Crippen LogP contribution < -0.4 is 5.32 Å². The van der Waals surface area contributed by atoms with E-state index >= 15 is 0 Å². The van der Waals surface area contributed by atoms with Crippen molar-refractivity contribution in [2.45, 2.75) is 6.92 Å². The number of aromatic amines is 1. The molecule has 0 unspecified atom stereocenters. The van der Waals surface area contributed by atoms with Crippen molar-refractivity contribution in [1.82, 2.24) is 15.2 Å². The van der Waals surface area contributed by atoms with E-state index < -0.39 is 0 Å². The van der Waals surface area contributed by atoms with Gasteiger partial charge >= 0.3 is 0 Å². The van der Waals surface area contributed by atoms with E-state index in [0.29, 0.717) is 12.2 Å². The van der Waals surface area contributed by atoms with Gasteiger partial charge in [-0.25, -0.2) is 0 Å². The first kappa shape index (κ1) is 9.39. The molecule has 0 saturated heterocycles. The average molecular weight is 202 g/mol. The van der Waals surface area contributed by atoms with Crippen LogP contribution in [0.25, 0.3) is 11.3 Å². The highest BCUT2D eigenvalue weighted by atomic mass is 16.1. The van der Waals surface area contributed by atoms with Gasteiger partial charge in [0.25, 0.3) is 0 Å².